The molecule has 0 fully saturated rings. The standard InChI is InChI=1S/C27H26F2N6O2/c1-17(30-2)26(36)33-24-15-32-25(19-4-6-20(28)7-5-19)35(27(24)37)16-18-12-23(14-31-13-18)34(3)22-10-8-21(29)9-11-22/h4-15,17,30H,16H2,1-3H3,(H,33,36). The van der Waals surface area contributed by atoms with Gasteiger partial charge in [0.1, 0.15) is 23.1 Å². The van der Waals surface area contributed by atoms with E-state index in [1.807, 2.05) is 18.0 Å². The Labute approximate surface area is 212 Å². The minimum Gasteiger partial charge on any atom is -0.343 e. The monoisotopic (exact) mass is 504 g/mol. The predicted octanol–water partition coefficient (Wildman–Crippen LogP) is 3.95. The molecule has 37 heavy (non-hydrogen) atoms. The minimum atomic E-state index is -0.521. The van der Waals surface area contributed by atoms with E-state index in [0.717, 1.165) is 11.4 Å². The molecule has 0 saturated heterocycles. The van der Waals surface area contributed by atoms with Crippen LogP contribution in [0.3, 0.4) is 0 Å². The lowest BCUT2D eigenvalue weighted by molar-refractivity contribution is -0.117. The van der Waals surface area contributed by atoms with E-state index >= 15 is 0 Å². The zero-order valence-corrected chi connectivity index (χ0v) is 20.6. The molecule has 1 amide bonds. The van der Waals surface area contributed by atoms with Gasteiger partial charge in [0.05, 0.1) is 30.7 Å². The van der Waals surface area contributed by atoms with E-state index in [2.05, 4.69) is 20.6 Å². The van der Waals surface area contributed by atoms with Crippen molar-refractivity contribution in [2.45, 2.75) is 19.5 Å². The lowest BCUT2D eigenvalue weighted by atomic mass is 10.2. The van der Waals surface area contributed by atoms with Crippen molar-refractivity contribution in [2.24, 2.45) is 0 Å². The first-order chi connectivity index (χ1) is 17.8. The summed E-state index contributed by atoms with van der Waals surface area (Å²) in [6, 6.07) is 13.0. The van der Waals surface area contributed by atoms with Crippen LogP contribution < -0.4 is 21.1 Å². The van der Waals surface area contributed by atoms with E-state index in [1.54, 1.807) is 38.5 Å². The zero-order valence-electron chi connectivity index (χ0n) is 20.6. The number of hydrogen-bond donors (Lipinski definition) is 2. The summed E-state index contributed by atoms with van der Waals surface area (Å²) in [4.78, 5) is 36.5. The lowest BCUT2D eigenvalue weighted by Gasteiger charge is -2.20. The second-order valence-electron chi connectivity index (χ2n) is 8.48. The SMILES string of the molecule is CNC(C)C(=O)Nc1cnc(-c2ccc(F)cc2)n(Cc2cncc(N(C)c3ccc(F)cc3)c2)c1=O. The molecule has 1 atom stereocenters. The quantitative estimate of drug-likeness (QED) is 0.378. The summed E-state index contributed by atoms with van der Waals surface area (Å²) in [5, 5.41) is 5.44. The third-order valence-corrected chi connectivity index (χ3v) is 5.96. The molecule has 0 aliphatic rings. The fraction of sp³-hybridized carbons (Fsp3) is 0.185. The smallest absolute Gasteiger partial charge is 0.277 e. The number of halogens is 2. The van der Waals surface area contributed by atoms with Crippen LogP contribution in [0.5, 0.6) is 0 Å². The number of nitrogens with zero attached hydrogens (tertiary/aromatic N) is 4. The summed E-state index contributed by atoms with van der Waals surface area (Å²) in [5.74, 6) is -0.822. The summed E-state index contributed by atoms with van der Waals surface area (Å²) in [7, 11) is 3.46. The van der Waals surface area contributed by atoms with E-state index < -0.39 is 17.4 Å². The zero-order chi connectivity index (χ0) is 26.5. The van der Waals surface area contributed by atoms with Gasteiger partial charge in [0, 0.05) is 24.5 Å². The second kappa shape index (κ2) is 11.1. The number of carbonyl (C=O) groups is 1. The van der Waals surface area contributed by atoms with Gasteiger partial charge in [0.15, 0.2) is 0 Å². The second-order valence-corrected chi connectivity index (χ2v) is 8.48. The minimum absolute atomic E-state index is 0.0190. The summed E-state index contributed by atoms with van der Waals surface area (Å²) in [6.45, 7) is 1.75. The average Bonchev–Trinajstić information content (AvgIpc) is 2.91. The maximum atomic E-state index is 13.6. The number of anilines is 3. The van der Waals surface area contributed by atoms with Crippen LogP contribution in [0.4, 0.5) is 25.8 Å². The number of amides is 1. The molecule has 4 aromatic rings. The van der Waals surface area contributed by atoms with E-state index in [1.165, 1.54) is 47.2 Å². The van der Waals surface area contributed by atoms with Crippen molar-refractivity contribution in [2.75, 3.05) is 24.3 Å². The summed E-state index contributed by atoms with van der Waals surface area (Å²) in [5.41, 5.74) is 2.25. The van der Waals surface area contributed by atoms with Crippen molar-refractivity contribution >= 4 is 23.0 Å². The molecule has 0 bridgehead atoms. The first-order valence-electron chi connectivity index (χ1n) is 11.5. The highest BCUT2D eigenvalue weighted by atomic mass is 19.1. The Morgan fingerprint density at radius 1 is 1.00 bits per heavy atom. The number of pyridine rings is 1. The highest BCUT2D eigenvalue weighted by Crippen LogP contribution is 2.25. The van der Waals surface area contributed by atoms with Gasteiger partial charge in [-0.1, -0.05) is 0 Å². The van der Waals surface area contributed by atoms with Gasteiger partial charge in [-0.15, -0.1) is 0 Å². The topological polar surface area (TPSA) is 92.2 Å². The highest BCUT2D eigenvalue weighted by molar-refractivity contribution is 5.94. The van der Waals surface area contributed by atoms with Crippen molar-refractivity contribution < 1.29 is 13.6 Å². The molecule has 0 radical (unpaired) electrons. The van der Waals surface area contributed by atoms with Crippen LogP contribution in [0.15, 0.2) is 78.0 Å². The van der Waals surface area contributed by atoms with Gasteiger partial charge >= 0.3 is 0 Å². The number of carbonyl (C=O) groups excluding carboxylic acids is 1. The number of benzene rings is 2. The third-order valence-electron chi connectivity index (χ3n) is 5.96. The van der Waals surface area contributed by atoms with Gasteiger partial charge in [-0.25, -0.2) is 13.8 Å². The van der Waals surface area contributed by atoms with Gasteiger partial charge < -0.3 is 15.5 Å². The fourth-order valence-corrected chi connectivity index (χ4v) is 3.67. The van der Waals surface area contributed by atoms with Crippen LogP contribution in [0.2, 0.25) is 0 Å². The summed E-state index contributed by atoms with van der Waals surface area (Å²) < 4.78 is 28.3. The van der Waals surface area contributed by atoms with Crippen LogP contribution in [-0.4, -0.2) is 40.6 Å². The Balaban J connectivity index is 1.73. The largest absolute Gasteiger partial charge is 0.343 e. The molecule has 2 aromatic carbocycles. The van der Waals surface area contributed by atoms with Crippen molar-refractivity contribution in [3.8, 4) is 11.4 Å². The summed E-state index contributed by atoms with van der Waals surface area (Å²) in [6.07, 6.45) is 4.58. The third kappa shape index (κ3) is 5.87. The normalized spacial score (nSPS) is 11.7. The Kier molecular flexibility index (Phi) is 7.69. The number of rotatable bonds is 8. The molecule has 2 aromatic heterocycles. The van der Waals surface area contributed by atoms with Gasteiger partial charge in [0.25, 0.3) is 5.56 Å². The van der Waals surface area contributed by atoms with Crippen LogP contribution in [-0.2, 0) is 11.3 Å². The van der Waals surface area contributed by atoms with Gasteiger partial charge in [-0.3, -0.25) is 19.1 Å². The van der Waals surface area contributed by atoms with Crippen LogP contribution >= 0.6 is 0 Å². The molecule has 0 saturated carbocycles. The predicted molar refractivity (Wildman–Crippen MR) is 139 cm³/mol. The van der Waals surface area contributed by atoms with Gasteiger partial charge in [-0.2, -0.15) is 0 Å². The van der Waals surface area contributed by atoms with E-state index in [0.29, 0.717) is 17.0 Å². The Morgan fingerprint density at radius 2 is 1.65 bits per heavy atom. The summed E-state index contributed by atoms with van der Waals surface area (Å²) >= 11 is 0. The molecule has 0 spiro atoms. The molecule has 2 heterocycles. The van der Waals surface area contributed by atoms with Gasteiger partial charge in [0.2, 0.25) is 5.91 Å². The van der Waals surface area contributed by atoms with Crippen molar-refractivity contribution in [3.05, 3.63) is 101 Å². The molecule has 0 aliphatic heterocycles. The van der Waals surface area contributed by atoms with Crippen LogP contribution in [0.1, 0.15) is 12.5 Å². The molecule has 4 rings (SSSR count). The molecule has 2 N–H and O–H groups in total. The van der Waals surface area contributed by atoms with Crippen molar-refractivity contribution in [1.29, 1.82) is 0 Å². The maximum absolute atomic E-state index is 13.6. The molecule has 0 aliphatic carbocycles. The van der Waals surface area contributed by atoms with E-state index in [9.17, 15) is 18.4 Å². The van der Waals surface area contributed by atoms with Crippen molar-refractivity contribution in [3.63, 3.8) is 0 Å². The first kappa shape index (κ1) is 25.6. The Hall–Kier alpha value is -4.44. The fourth-order valence-electron chi connectivity index (χ4n) is 3.67. The van der Waals surface area contributed by atoms with Crippen LogP contribution in [0, 0.1) is 11.6 Å². The van der Waals surface area contributed by atoms with E-state index in [4.69, 9.17) is 0 Å². The first-order valence-corrected chi connectivity index (χ1v) is 11.5. The average molecular weight is 505 g/mol. The molecular weight excluding hydrogens is 478 g/mol. The number of nitrogens with one attached hydrogen (secondary N) is 2. The Bertz CT molecular complexity index is 1460. The van der Waals surface area contributed by atoms with E-state index in [-0.39, 0.29) is 24.0 Å². The maximum Gasteiger partial charge on any atom is 0.277 e. The molecule has 10 heteroatoms. The molecule has 8 nitrogen and oxygen atoms in total. The molecule has 1 unspecified atom stereocenters. The molecular formula is C27H26F2N6O2. The van der Waals surface area contributed by atoms with Gasteiger partial charge in [-0.05, 0) is 74.1 Å². The lowest BCUT2D eigenvalue weighted by Crippen LogP contribution is -2.38. The molecule has 190 valence electrons. The highest BCUT2D eigenvalue weighted by Gasteiger charge is 2.17. The number of aromatic nitrogens is 3. The van der Waals surface area contributed by atoms with Crippen LogP contribution in [0.25, 0.3) is 11.4 Å². The Morgan fingerprint density at radius 3 is 2.30 bits per heavy atom. The number of hydrogen-bond acceptors (Lipinski definition) is 6. The number of likely N-dealkylation sites (N-methyl/N-ethyl adjacent to an activating group) is 1. The van der Waals surface area contributed by atoms with Crippen molar-refractivity contribution in [1.82, 2.24) is 19.9 Å².